The molecule has 0 heteroatoms. The smallest absolute Gasteiger partial charge is 0.0334 e. The van der Waals surface area contributed by atoms with Crippen LogP contribution >= 0.6 is 0 Å². The fourth-order valence-corrected chi connectivity index (χ4v) is 13.1. The molecule has 0 bridgehead atoms. The van der Waals surface area contributed by atoms with E-state index >= 15 is 0 Å². The Hall–Kier alpha value is 0. The minimum Gasteiger partial charge on any atom is -0.0654 e. The lowest BCUT2D eigenvalue weighted by Crippen LogP contribution is -2.25. The molecular weight excluding hydrogens is 1530 g/mol. The van der Waals surface area contributed by atoms with Crippen molar-refractivity contribution in [2.45, 2.75) is 685 Å². The molecule has 0 aromatic carbocycles. The van der Waals surface area contributed by atoms with Gasteiger partial charge in [-0.15, -0.1) is 0 Å². The predicted molar refractivity (Wildman–Crippen MR) is 616 cm³/mol. The van der Waals surface area contributed by atoms with Crippen LogP contribution in [0.25, 0.3) is 0 Å². The second-order valence-electron chi connectivity index (χ2n) is 49.5. The van der Waals surface area contributed by atoms with Crippen molar-refractivity contribution >= 4 is 0 Å². The Morgan fingerprint density at radius 3 is 0.748 bits per heavy atom. The minimum atomic E-state index is 0.437. The lowest BCUT2D eigenvalue weighted by atomic mass is 9.71. The third-order valence-corrected chi connectivity index (χ3v) is 29.1. The van der Waals surface area contributed by atoms with Crippen LogP contribution in [0.3, 0.4) is 0 Å². The number of rotatable bonds is 50. The van der Waals surface area contributed by atoms with E-state index in [-0.39, 0.29) is 0 Å². The van der Waals surface area contributed by atoms with Gasteiger partial charge in [-0.3, -0.25) is 0 Å². The Morgan fingerprint density at radius 1 is 0.205 bits per heavy atom. The molecule has 0 amide bonds. The van der Waals surface area contributed by atoms with Gasteiger partial charge in [0, 0.05) is 0 Å². The van der Waals surface area contributed by atoms with Crippen LogP contribution in [0.1, 0.15) is 685 Å². The van der Waals surface area contributed by atoms with E-state index in [1.165, 1.54) is 270 Å². The average molecular weight is 1810 g/mol. The lowest BCUT2D eigenvalue weighted by molar-refractivity contribution is 0.157. The van der Waals surface area contributed by atoms with Crippen LogP contribution in [0, 0.1) is 145 Å². The molecule has 9 atom stereocenters. The molecule has 0 spiro atoms. The van der Waals surface area contributed by atoms with Gasteiger partial charge in [-0.2, -0.15) is 0 Å². The van der Waals surface area contributed by atoms with E-state index in [1.807, 2.05) is 0 Å². The van der Waals surface area contributed by atoms with E-state index in [1.54, 1.807) is 0 Å². The van der Waals surface area contributed by atoms with Gasteiger partial charge >= 0.3 is 0 Å². The molecule has 0 fully saturated rings. The first-order valence-electron chi connectivity index (χ1n) is 58.3. The lowest BCUT2D eigenvalue weighted by Gasteiger charge is -2.34. The highest BCUT2D eigenvalue weighted by atomic mass is 14.3. The van der Waals surface area contributed by atoms with Crippen molar-refractivity contribution in [3.63, 3.8) is 0 Å². The normalized spacial score (nSPS) is 13.4. The summed E-state index contributed by atoms with van der Waals surface area (Å²) in [6.07, 6.45) is 57.8. The highest BCUT2D eigenvalue weighted by Crippen LogP contribution is 2.37. The third-order valence-electron chi connectivity index (χ3n) is 29.1. The van der Waals surface area contributed by atoms with E-state index in [9.17, 15) is 0 Å². The van der Waals surface area contributed by atoms with Gasteiger partial charge in [-0.25, -0.2) is 0 Å². The summed E-state index contributed by atoms with van der Waals surface area (Å²) in [5.74, 6) is 18.2. The van der Waals surface area contributed by atoms with Crippen LogP contribution < -0.4 is 0 Å². The monoisotopic (exact) mass is 1810 g/mol. The second kappa shape index (κ2) is 113. The first-order valence-corrected chi connectivity index (χ1v) is 58.3. The molecule has 0 aromatic heterocycles. The maximum atomic E-state index is 2.36. The van der Waals surface area contributed by atoms with Gasteiger partial charge in [0.05, 0.1) is 0 Å². The molecule has 0 nitrogen and oxygen atoms in total. The summed E-state index contributed by atoms with van der Waals surface area (Å²) in [7, 11) is 0. The van der Waals surface area contributed by atoms with Crippen molar-refractivity contribution < 1.29 is 0 Å². The molecule has 792 valence electrons. The van der Waals surface area contributed by atoms with E-state index in [2.05, 4.69) is 415 Å². The molecular formula is C127H284. The maximum Gasteiger partial charge on any atom is -0.0334 e. The second-order valence-corrected chi connectivity index (χ2v) is 49.5. The van der Waals surface area contributed by atoms with Crippen LogP contribution in [0.5, 0.6) is 0 Å². The first-order chi connectivity index (χ1) is 58.3. The molecule has 0 aliphatic heterocycles. The molecule has 9 unspecified atom stereocenters. The molecule has 0 aromatic rings. The van der Waals surface area contributed by atoms with Crippen molar-refractivity contribution in [2.24, 2.45) is 145 Å². The Morgan fingerprint density at radius 2 is 0.535 bits per heavy atom. The molecule has 0 radical (unpaired) electrons. The topological polar surface area (TPSA) is 0 Å². The first kappa shape index (κ1) is 161. The van der Waals surface area contributed by atoms with Crippen LogP contribution in [-0.4, -0.2) is 0 Å². The van der Waals surface area contributed by atoms with Gasteiger partial charge in [0.2, 0.25) is 0 Å². The Bertz CT molecular complexity index is 1760. The zero-order valence-electron chi connectivity index (χ0n) is 104. The van der Waals surface area contributed by atoms with Crippen molar-refractivity contribution in [3.8, 4) is 0 Å². The Labute approximate surface area is 825 Å². The zero-order valence-corrected chi connectivity index (χ0v) is 104. The summed E-state index contributed by atoms with van der Waals surface area (Å²) in [5.41, 5.74) is 2.52. The van der Waals surface area contributed by atoms with E-state index in [0.29, 0.717) is 27.1 Å². The van der Waals surface area contributed by atoms with Crippen LogP contribution in [-0.2, 0) is 0 Å². The quantitative estimate of drug-likeness (QED) is 0.0533. The van der Waals surface area contributed by atoms with Crippen LogP contribution in [0.2, 0.25) is 0 Å². The summed E-state index contributed by atoms with van der Waals surface area (Å²) in [6.45, 7) is 137. The molecule has 0 aliphatic rings. The molecule has 0 aliphatic carbocycles. The maximum absolute atomic E-state index is 2.36. The molecule has 0 N–H and O–H groups in total. The van der Waals surface area contributed by atoms with Crippen molar-refractivity contribution in [1.82, 2.24) is 0 Å². The summed E-state index contributed by atoms with van der Waals surface area (Å²) < 4.78 is 0. The van der Waals surface area contributed by atoms with Gasteiger partial charge in [0.25, 0.3) is 0 Å². The van der Waals surface area contributed by atoms with Gasteiger partial charge in [-0.1, -0.05) is 666 Å². The van der Waals surface area contributed by atoms with E-state index < -0.39 is 0 Å². The van der Waals surface area contributed by atoms with Gasteiger partial charge < -0.3 is 0 Å². The average Bonchev–Trinajstić information content (AvgIpc) is 0.871. The molecule has 0 saturated heterocycles. The third kappa shape index (κ3) is 160. The van der Waals surface area contributed by atoms with Gasteiger partial charge in [-0.05, 0) is 165 Å². The van der Waals surface area contributed by atoms with E-state index in [4.69, 9.17) is 0 Å². The summed E-state index contributed by atoms with van der Waals surface area (Å²) in [5, 5.41) is 0. The summed E-state index contributed by atoms with van der Waals surface area (Å²) >= 11 is 0. The SMILES string of the molecule is CC(C)(C)C(C)(C)C.CC(C)CCCC(C)C.CCC(C)(C)C(C)C.CCC(C)C(C)(C)C.CCC(C)C(C)CC.CCC(C)CC(C)C.CCC(C)CCC(C)C.CCC(CC)C(C)C.CCCC(C)(C)CC.CCCC(C)CC(C)C.CCCC(CC)CC.CCCCC(C)C(C)C.CCCCC(C)CCC.CCCCCC(C)CC.CCCCCCC(C)C. The van der Waals surface area contributed by atoms with Gasteiger partial charge in [0.1, 0.15) is 0 Å². The predicted octanol–water partition coefficient (Wildman–Crippen LogP) is 49.6. The summed E-state index contributed by atoms with van der Waals surface area (Å²) in [4.78, 5) is 0. The zero-order chi connectivity index (χ0) is 104. The number of hydrogen-bond donors (Lipinski definition) is 0. The van der Waals surface area contributed by atoms with Crippen LogP contribution in [0.4, 0.5) is 0 Å². The largest absolute Gasteiger partial charge is 0.0654 e. The molecule has 127 heavy (non-hydrogen) atoms. The fourth-order valence-electron chi connectivity index (χ4n) is 13.1. The molecule has 0 rings (SSSR count). The molecule has 0 heterocycles. The highest BCUT2D eigenvalue weighted by Gasteiger charge is 2.27. The van der Waals surface area contributed by atoms with E-state index in [0.717, 1.165) is 118 Å². The summed E-state index contributed by atoms with van der Waals surface area (Å²) in [6, 6.07) is 0. The van der Waals surface area contributed by atoms with Crippen molar-refractivity contribution in [2.75, 3.05) is 0 Å². The highest BCUT2D eigenvalue weighted by molar-refractivity contribution is 4.77. The van der Waals surface area contributed by atoms with Crippen molar-refractivity contribution in [3.05, 3.63) is 0 Å². The van der Waals surface area contributed by atoms with Gasteiger partial charge in [0.15, 0.2) is 0 Å². The Balaban J connectivity index is -0.0000000814. The minimum absolute atomic E-state index is 0.437. The molecule has 0 saturated carbocycles. The number of hydrogen-bond acceptors (Lipinski definition) is 0. The fraction of sp³-hybridized carbons (Fsp3) is 1.00. The van der Waals surface area contributed by atoms with Crippen molar-refractivity contribution in [1.29, 1.82) is 0 Å². The van der Waals surface area contributed by atoms with Crippen LogP contribution in [0.15, 0.2) is 0 Å². The standard InChI is InChI=1S/7C9H20.8C8H18/c1-8(2)6-5-7-9(3)4;1-5-9(4)7-6-8(2)3;1-5-6-9(4)7-8(2)3;1-5-6-7-9(4)8(2)3;1-4-5-6-7-8-9(2)3;1-4-6-7-8-9(3)5-2;1-4-6-8-9(3)7-5-2;1-7(2,3)8(4,5)6;1-6-7(2)8(3,4)5;1-6-8(4,5)7(2)3;1-5-8(4)6-7(2)3;1-5-7-8(3,4)6-2;1-5-7(3)8(4)6-2;1-5-8(6-2)7(3)4;1-4-7-8(5-2)6-3/h4*8-9H,5-7H2,1-4H3;3*9H,4-8H2,1-3H3;1-6H3;2*7H,6H2,1-5H3;7-8H,5-6H2,1-4H3;5-7H2,1-4H3;2*7-8H,5-6H2,1-4H3;8H,4-7H2,1-3H3. The number of unbranched alkanes of at least 4 members (excludes halogenated alkanes) is 7. The Kier molecular flexibility index (Phi) is 143.